The van der Waals surface area contributed by atoms with Crippen molar-refractivity contribution in [2.75, 3.05) is 19.3 Å². The molecule has 0 saturated carbocycles. The lowest BCUT2D eigenvalue weighted by molar-refractivity contribution is -0.247. The van der Waals surface area contributed by atoms with Crippen molar-refractivity contribution >= 4 is 22.8 Å². The van der Waals surface area contributed by atoms with Crippen molar-refractivity contribution in [2.24, 2.45) is 21.7 Å². The molecule has 0 amide bonds. The van der Waals surface area contributed by atoms with Crippen LogP contribution in [0.1, 0.15) is 40.5 Å². The predicted molar refractivity (Wildman–Crippen MR) is 115 cm³/mol. The van der Waals surface area contributed by atoms with E-state index in [1.807, 2.05) is 46.1 Å². The van der Waals surface area contributed by atoms with Gasteiger partial charge < -0.3 is 5.21 Å². The Morgan fingerprint density at radius 1 is 1.22 bits per heavy atom. The first-order valence-electron chi connectivity index (χ1n) is 9.26. The first kappa shape index (κ1) is 22.1. The quantitative estimate of drug-likeness (QED) is 0.533. The summed E-state index contributed by atoms with van der Waals surface area (Å²) in [6.45, 7) is 17.2. The van der Waals surface area contributed by atoms with Crippen LogP contribution in [0.25, 0.3) is 0 Å². The molecule has 1 atom stereocenters. The van der Waals surface area contributed by atoms with E-state index >= 15 is 0 Å². The van der Waals surface area contributed by atoms with Gasteiger partial charge in [0, 0.05) is 30.1 Å². The maximum atomic E-state index is 10.6. The summed E-state index contributed by atoms with van der Waals surface area (Å²) >= 11 is 1.52. The van der Waals surface area contributed by atoms with Gasteiger partial charge in [0.05, 0.1) is 0 Å². The van der Waals surface area contributed by atoms with Crippen molar-refractivity contribution in [3.63, 3.8) is 0 Å². The highest BCUT2D eigenvalue weighted by atomic mass is 32.2. The van der Waals surface area contributed by atoms with Crippen molar-refractivity contribution in [1.29, 1.82) is 0 Å². The van der Waals surface area contributed by atoms with E-state index in [9.17, 15) is 5.21 Å². The molecule has 3 N–H and O–H groups in total. The zero-order valence-electron chi connectivity index (χ0n) is 17.2. The summed E-state index contributed by atoms with van der Waals surface area (Å²) in [5.41, 5.74) is -0.747. The number of hydrogen-bond acceptors (Lipinski definition) is 8. The molecule has 0 spiro atoms. The number of piperidine rings is 1. The van der Waals surface area contributed by atoms with Gasteiger partial charge in [-0.1, -0.05) is 23.9 Å². The first-order chi connectivity index (χ1) is 12.6. The third-order valence-electron chi connectivity index (χ3n) is 5.19. The summed E-state index contributed by atoms with van der Waals surface area (Å²) in [4.78, 5) is 11.6. The molecule has 1 unspecified atom stereocenters. The van der Waals surface area contributed by atoms with E-state index in [1.165, 1.54) is 16.8 Å². The number of thioether (sulfide) groups is 1. The van der Waals surface area contributed by atoms with Crippen LogP contribution in [0.3, 0.4) is 0 Å². The van der Waals surface area contributed by atoms with Gasteiger partial charge >= 0.3 is 0 Å². The van der Waals surface area contributed by atoms with Crippen molar-refractivity contribution < 1.29 is 5.21 Å². The maximum absolute atomic E-state index is 10.6. The predicted octanol–water partition coefficient (Wildman–Crippen LogP) is 2.91. The zero-order valence-corrected chi connectivity index (χ0v) is 18.0. The van der Waals surface area contributed by atoms with Crippen LogP contribution in [-0.4, -0.2) is 67.9 Å². The van der Waals surface area contributed by atoms with Crippen LogP contribution >= 0.6 is 11.8 Å². The number of amidine groups is 2. The molecule has 7 nitrogen and oxygen atoms in total. The van der Waals surface area contributed by atoms with Crippen LogP contribution in [0.4, 0.5) is 0 Å². The Hall–Kier alpha value is -1.19. The summed E-state index contributed by atoms with van der Waals surface area (Å²) < 4.78 is 0. The Morgan fingerprint density at radius 3 is 2.19 bits per heavy atom. The maximum Gasteiger partial charge on any atom is 0.196 e. The molecule has 1 saturated heterocycles. The minimum atomic E-state index is -0.374. The van der Waals surface area contributed by atoms with Crippen molar-refractivity contribution in [3.05, 3.63) is 25.3 Å². The highest BCUT2D eigenvalue weighted by Gasteiger charge is 2.48. The second-order valence-electron chi connectivity index (χ2n) is 8.41. The standard InChI is InChI=1S/C19H34N6OS/c1-8-10-23(11-9-2)17-22-16(27-7)21-15(24(17)20)14-12-18(3,4)25(26)19(5,6)13-14/h8-9,14,17,26H,1-2,10-13,20H2,3-7H3. The van der Waals surface area contributed by atoms with Crippen LogP contribution in [0, 0.1) is 5.92 Å². The molecule has 2 rings (SSSR count). The molecule has 8 heteroatoms. The van der Waals surface area contributed by atoms with Gasteiger partial charge in [0.2, 0.25) is 0 Å². The Kier molecular flexibility index (Phi) is 6.91. The SMILES string of the molecule is C=CCN(CC=C)C1N=C(SC)N=C(C2CC(C)(C)N(O)C(C)(C)C2)N1N. The second kappa shape index (κ2) is 8.45. The fraction of sp³-hybridized carbons (Fsp3) is 0.684. The largest absolute Gasteiger partial charge is 0.313 e. The summed E-state index contributed by atoms with van der Waals surface area (Å²) in [5, 5.41) is 14.5. The number of hydrogen-bond donors (Lipinski definition) is 2. The molecular formula is C19H34N6OS. The van der Waals surface area contributed by atoms with Crippen molar-refractivity contribution in [2.45, 2.75) is 57.9 Å². The van der Waals surface area contributed by atoms with E-state index in [2.05, 4.69) is 18.1 Å². The Bertz CT molecular complexity index is 602. The molecule has 0 bridgehead atoms. The van der Waals surface area contributed by atoms with Gasteiger partial charge in [-0.05, 0) is 46.8 Å². The average Bonchev–Trinajstić information content (AvgIpc) is 2.59. The van der Waals surface area contributed by atoms with E-state index < -0.39 is 0 Å². The molecule has 27 heavy (non-hydrogen) atoms. The first-order valence-corrected chi connectivity index (χ1v) is 10.5. The van der Waals surface area contributed by atoms with Gasteiger partial charge in [0.25, 0.3) is 0 Å². The van der Waals surface area contributed by atoms with Gasteiger partial charge in [-0.2, -0.15) is 5.06 Å². The second-order valence-corrected chi connectivity index (χ2v) is 9.19. The van der Waals surface area contributed by atoms with Gasteiger partial charge in [-0.3, -0.25) is 9.91 Å². The van der Waals surface area contributed by atoms with Crippen LogP contribution < -0.4 is 5.84 Å². The smallest absolute Gasteiger partial charge is 0.196 e. The average molecular weight is 395 g/mol. The summed E-state index contributed by atoms with van der Waals surface area (Å²) in [5.74, 6) is 7.49. The van der Waals surface area contributed by atoms with Crippen molar-refractivity contribution in [1.82, 2.24) is 15.0 Å². The van der Waals surface area contributed by atoms with Crippen LogP contribution in [0.15, 0.2) is 35.3 Å². The van der Waals surface area contributed by atoms with Gasteiger partial charge in [-0.25, -0.2) is 15.8 Å². The zero-order chi connectivity index (χ0) is 20.4. The molecule has 0 aromatic carbocycles. The number of aliphatic imine (C=N–C) groups is 2. The topological polar surface area (TPSA) is 80.7 Å². The Balaban J connectivity index is 2.38. The van der Waals surface area contributed by atoms with Crippen LogP contribution in [-0.2, 0) is 0 Å². The number of hydroxylamine groups is 2. The molecule has 0 aromatic rings. The molecule has 1 fully saturated rings. The third kappa shape index (κ3) is 4.63. The fourth-order valence-corrected chi connectivity index (χ4v) is 4.55. The van der Waals surface area contributed by atoms with E-state index in [-0.39, 0.29) is 23.3 Å². The molecule has 0 aromatic heterocycles. The highest BCUT2D eigenvalue weighted by Crippen LogP contribution is 2.41. The molecule has 0 radical (unpaired) electrons. The number of nitrogens with zero attached hydrogens (tertiary/aromatic N) is 5. The molecular weight excluding hydrogens is 360 g/mol. The lowest BCUT2D eigenvalue weighted by Gasteiger charge is -2.52. The number of hydrazine groups is 1. The molecule has 2 aliphatic rings. The highest BCUT2D eigenvalue weighted by molar-refractivity contribution is 8.13. The molecule has 152 valence electrons. The fourth-order valence-electron chi connectivity index (χ4n) is 4.17. The Labute approximate surface area is 167 Å². The van der Waals surface area contributed by atoms with Gasteiger partial charge in [0.1, 0.15) is 5.84 Å². The Morgan fingerprint density at radius 2 is 1.74 bits per heavy atom. The third-order valence-corrected chi connectivity index (χ3v) is 5.75. The van der Waals surface area contributed by atoms with Gasteiger partial charge in [-0.15, -0.1) is 13.2 Å². The molecule has 2 aliphatic heterocycles. The summed E-state index contributed by atoms with van der Waals surface area (Å²) in [6.07, 6.45) is 6.82. The number of rotatable bonds is 6. The van der Waals surface area contributed by atoms with Crippen LogP contribution in [0.2, 0.25) is 0 Å². The normalized spacial score (nSPS) is 25.9. The van der Waals surface area contributed by atoms with E-state index in [4.69, 9.17) is 15.8 Å². The molecule has 2 heterocycles. The van der Waals surface area contributed by atoms with E-state index in [1.54, 1.807) is 5.01 Å². The lowest BCUT2D eigenvalue weighted by Crippen LogP contribution is -2.63. The summed E-state index contributed by atoms with van der Waals surface area (Å²) in [6, 6.07) is 0. The number of nitrogens with two attached hydrogens (primary N) is 1. The van der Waals surface area contributed by atoms with Crippen LogP contribution in [0.5, 0.6) is 0 Å². The van der Waals surface area contributed by atoms with E-state index in [0.29, 0.717) is 13.1 Å². The summed E-state index contributed by atoms with van der Waals surface area (Å²) in [7, 11) is 0. The monoisotopic (exact) mass is 394 g/mol. The lowest BCUT2D eigenvalue weighted by atomic mass is 9.74. The molecule has 0 aliphatic carbocycles. The van der Waals surface area contributed by atoms with E-state index in [0.717, 1.165) is 23.8 Å². The minimum absolute atomic E-state index is 0.123. The van der Waals surface area contributed by atoms with Gasteiger partial charge in [0.15, 0.2) is 11.5 Å². The van der Waals surface area contributed by atoms with Crippen molar-refractivity contribution in [3.8, 4) is 0 Å². The minimum Gasteiger partial charge on any atom is -0.313 e.